The van der Waals surface area contributed by atoms with Gasteiger partial charge in [0.05, 0.1) is 5.69 Å². The van der Waals surface area contributed by atoms with Crippen LogP contribution in [0.1, 0.15) is 25.0 Å². The van der Waals surface area contributed by atoms with Gasteiger partial charge in [0.25, 0.3) is 0 Å². The first kappa shape index (κ1) is 39.0. The van der Waals surface area contributed by atoms with Gasteiger partial charge in [0, 0.05) is 32.9 Å². The summed E-state index contributed by atoms with van der Waals surface area (Å²) in [5, 5.41) is 7.20. The molecule has 2 nitrogen and oxygen atoms in total. The van der Waals surface area contributed by atoms with E-state index in [9.17, 15) is 0 Å². The maximum absolute atomic E-state index is 6.29. The third kappa shape index (κ3) is 6.48. The van der Waals surface area contributed by atoms with Gasteiger partial charge in [0.1, 0.15) is 11.2 Å². The highest BCUT2D eigenvalue weighted by atomic mass is 16.3. The molecule has 0 saturated carbocycles. The van der Waals surface area contributed by atoms with Crippen LogP contribution in [0.25, 0.3) is 99.1 Å². The third-order valence-electron chi connectivity index (χ3n) is 14.3. The Bertz CT molecular complexity index is 3860. The fourth-order valence-corrected chi connectivity index (χ4v) is 10.7. The Morgan fingerprint density at radius 2 is 0.746 bits per heavy atom. The average molecular weight is 856 g/mol. The van der Waals surface area contributed by atoms with E-state index in [4.69, 9.17) is 4.42 Å². The Morgan fingerprint density at radius 1 is 0.313 bits per heavy atom. The molecule has 0 unspecified atom stereocenters. The SMILES string of the molecule is CC1(C)c2cc(-c3ccccc3)ccc2-c2ccc(N(c3ccc(-c4ccc(-c5ccc6oc7ccc(-c8ccccc8)cc7c6c5)cc4)cc3)c3cc4ccccc4c4ccccc34)cc21. The summed E-state index contributed by atoms with van der Waals surface area (Å²) in [7, 11) is 0. The van der Waals surface area contributed by atoms with E-state index in [-0.39, 0.29) is 5.41 Å². The zero-order chi connectivity index (χ0) is 44.6. The van der Waals surface area contributed by atoms with Crippen LogP contribution in [-0.2, 0) is 5.41 Å². The minimum absolute atomic E-state index is 0.192. The maximum Gasteiger partial charge on any atom is 0.135 e. The molecule has 67 heavy (non-hydrogen) atoms. The number of benzene rings is 11. The van der Waals surface area contributed by atoms with Crippen LogP contribution in [-0.4, -0.2) is 0 Å². The van der Waals surface area contributed by atoms with Crippen molar-refractivity contribution in [2.45, 2.75) is 19.3 Å². The van der Waals surface area contributed by atoms with Crippen molar-refractivity contribution in [2.75, 3.05) is 4.90 Å². The molecule has 0 radical (unpaired) electrons. The van der Waals surface area contributed by atoms with Crippen LogP contribution in [0.15, 0.2) is 241 Å². The first-order valence-corrected chi connectivity index (χ1v) is 23.2. The summed E-state index contributed by atoms with van der Waals surface area (Å²) in [5.74, 6) is 0. The highest BCUT2D eigenvalue weighted by Crippen LogP contribution is 2.52. The van der Waals surface area contributed by atoms with Crippen molar-refractivity contribution in [1.29, 1.82) is 0 Å². The molecule has 316 valence electrons. The molecule has 11 aromatic carbocycles. The Hall–Kier alpha value is -8.46. The molecule has 1 aliphatic carbocycles. The van der Waals surface area contributed by atoms with Gasteiger partial charge in [0.15, 0.2) is 0 Å². The fraction of sp³-hybridized carbons (Fsp3) is 0.0462. The number of anilines is 3. The van der Waals surface area contributed by atoms with Crippen molar-refractivity contribution in [3.63, 3.8) is 0 Å². The third-order valence-corrected chi connectivity index (χ3v) is 14.3. The predicted molar refractivity (Wildman–Crippen MR) is 283 cm³/mol. The zero-order valence-corrected chi connectivity index (χ0v) is 37.4. The van der Waals surface area contributed by atoms with Gasteiger partial charge in [-0.15, -0.1) is 0 Å². The molecular weight excluding hydrogens is 811 g/mol. The second kappa shape index (κ2) is 15.3. The van der Waals surface area contributed by atoms with Crippen molar-refractivity contribution in [3.8, 4) is 55.6 Å². The average Bonchev–Trinajstić information content (AvgIpc) is 3.87. The topological polar surface area (TPSA) is 16.4 Å². The summed E-state index contributed by atoms with van der Waals surface area (Å²) < 4.78 is 6.29. The van der Waals surface area contributed by atoms with Crippen molar-refractivity contribution in [3.05, 3.63) is 248 Å². The summed E-state index contributed by atoms with van der Waals surface area (Å²) >= 11 is 0. The van der Waals surface area contributed by atoms with Gasteiger partial charge in [-0.3, -0.25) is 0 Å². The van der Waals surface area contributed by atoms with Gasteiger partial charge in [-0.05, 0) is 144 Å². The minimum Gasteiger partial charge on any atom is -0.456 e. The van der Waals surface area contributed by atoms with Crippen LogP contribution in [0, 0.1) is 0 Å². The molecule has 0 aliphatic heterocycles. The van der Waals surface area contributed by atoms with Crippen LogP contribution < -0.4 is 4.90 Å². The van der Waals surface area contributed by atoms with E-state index in [2.05, 4.69) is 255 Å². The first-order valence-electron chi connectivity index (χ1n) is 23.2. The Balaban J connectivity index is 0.875. The zero-order valence-electron chi connectivity index (χ0n) is 37.4. The van der Waals surface area contributed by atoms with Crippen molar-refractivity contribution < 1.29 is 4.42 Å². The molecule has 13 rings (SSSR count). The van der Waals surface area contributed by atoms with Crippen LogP contribution in [0.3, 0.4) is 0 Å². The molecular formula is C65H45NO. The standard InChI is InChI=1S/C65H45NO/c1-65(2)60-39-49(43-15-7-4-8-16-43)27-33-55(60)56-34-32-52(41-61(56)65)66(62-40-50-17-9-10-18-53(50)54-19-11-12-20-57(54)62)51-30-25-45(26-31-51)44-21-23-46(24-22-44)48-29-36-64-59(38-48)58-37-47(28-35-63(58)67-64)42-13-5-3-6-14-42/h3-41H,1-2H3. The molecule has 0 saturated heterocycles. The summed E-state index contributed by atoms with van der Waals surface area (Å²) in [5.41, 5.74) is 19.9. The molecule has 0 amide bonds. The monoisotopic (exact) mass is 855 g/mol. The first-order chi connectivity index (χ1) is 32.9. The Labute approximate surface area is 390 Å². The van der Waals surface area contributed by atoms with E-state index in [0.29, 0.717) is 0 Å². The number of rotatable bonds is 7. The normalized spacial score (nSPS) is 12.7. The van der Waals surface area contributed by atoms with Crippen LogP contribution in [0.5, 0.6) is 0 Å². The molecule has 1 aromatic heterocycles. The number of hydrogen-bond acceptors (Lipinski definition) is 2. The highest BCUT2D eigenvalue weighted by molar-refractivity contribution is 6.15. The predicted octanol–water partition coefficient (Wildman–Crippen LogP) is 18.3. The molecule has 2 heteroatoms. The van der Waals surface area contributed by atoms with E-state index in [1.54, 1.807) is 0 Å². The Morgan fingerprint density at radius 3 is 1.37 bits per heavy atom. The molecule has 1 aliphatic rings. The van der Waals surface area contributed by atoms with Crippen LogP contribution in [0.2, 0.25) is 0 Å². The minimum atomic E-state index is -0.192. The number of hydrogen-bond donors (Lipinski definition) is 0. The molecule has 12 aromatic rings. The molecule has 1 heterocycles. The lowest BCUT2D eigenvalue weighted by Gasteiger charge is -2.29. The molecule has 0 spiro atoms. The largest absolute Gasteiger partial charge is 0.456 e. The van der Waals surface area contributed by atoms with Gasteiger partial charge < -0.3 is 9.32 Å². The smallest absolute Gasteiger partial charge is 0.135 e. The van der Waals surface area contributed by atoms with Crippen molar-refractivity contribution in [1.82, 2.24) is 0 Å². The summed E-state index contributed by atoms with van der Waals surface area (Å²) in [6.07, 6.45) is 0. The van der Waals surface area contributed by atoms with Gasteiger partial charge in [-0.25, -0.2) is 0 Å². The van der Waals surface area contributed by atoms with Gasteiger partial charge in [-0.1, -0.05) is 190 Å². The van der Waals surface area contributed by atoms with Gasteiger partial charge in [0.2, 0.25) is 0 Å². The van der Waals surface area contributed by atoms with E-state index in [1.807, 2.05) is 0 Å². The molecule has 0 bridgehead atoms. The van der Waals surface area contributed by atoms with Crippen molar-refractivity contribution in [2.24, 2.45) is 0 Å². The second-order valence-corrected chi connectivity index (χ2v) is 18.5. The maximum atomic E-state index is 6.29. The molecule has 0 fully saturated rings. The summed E-state index contributed by atoms with van der Waals surface area (Å²) in [4.78, 5) is 2.47. The van der Waals surface area contributed by atoms with Gasteiger partial charge in [-0.2, -0.15) is 0 Å². The lowest BCUT2D eigenvalue weighted by Crippen LogP contribution is -2.17. The second-order valence-electron chi connectivity index (χ2n) is 18.5. The number of nitrogens with zero attached hydrogens (tertiary/aromatic N) is 1. The Kier molecular flexibility index (Phi) is 8.91. The lowest BCUT2D eigenvalue weighted by atomic mass is 9.81. The quantitative estimate of drug-likeness (QED) is 0.149. The molecule has 0 atom stereocenters. The molecule has 0 N–H and O–H groups in total. The van der Waals surface area contributed by atoms with Gasteiger partial charge >= 0.3 is 0 Å². The van der Waals surface area contributed by atoms with E-state index < -0.39 is 0 Å². The highest BCUT2D eigenvalue weighted by Gasteiger charge is 2.36. The fourth-order valence-electron chi connectivity index (χ4n) is 10.7. The van der Waals surface area contributed by atoms with E-state index in [1.165, 1.54) is 82.7 Å². The van der Waals surface area contributed by atoms with E-state index >= 15 is 0 Å². The van der Waals surface area contributed by atoms with Crippen LogP contribution >= 0.6 is 0 Å². The summed E-state index contributed by atoms with van der Waals surface area (Å²) in [6, 6.07) is 86.5. The summed E-state index contributed by atoms with van der Waals surface area (Å²) in [6.45, 7) is 4.76. The number of fused-ring (bicyclic) bond motifs is 9. The number of furan rings is 1. The van der Waals surface area contributed by atoms with Crippen LogP contribution in [0.4, 0.5) is 17.1 Å². The van der Waals surface area contributed by atoms with E-state index in [0.717, 1.165) is 44.6 Å². The lowest BCUT2D eigenvalue weighted by molar-refractivity contribution is 0.660. The van der Waals surface area contributed by atoms with Crippen molar-refractivity contribution >= 4 is 60.5 Å².